The first-order valence-electron chi connectivity index (χ1n) is 8.78. The summed E-state index contributed by atoms with van der Waals surface area (Å²) >= 11 is 0. The minimum absolute atomic E-state index is 0.108. The topological polar surface area (TPSA) is 49.4 Å². The molecular formula is C17H30N2O2. The Balaban J connectivity index is 2.19. The van der Waals surface area contributed by atoms with E-state index in [4.69, 9.17) is 0 Å². The molecule has 0 bridgehead atoms. The second-order valence-corrected chi connectivity index (χ2v) is 6.60. The lowest BCUT2D eigenvalue weighted by Crippen LogP contribution is -2.71. The zero-order valence-corrected chi connectivity index (χ0v) is 13.6. The Morgan fingerprint density at radius 2 is 1.81 bits per heavy atom. The van der Waals surface area contributed by atoms with E-state index in [2.05, 4.69) is 19.2 Å². The molecule has 1 unspecified atom stereocenters. The van der Waals surface area contributed by atoms with Gasteiger partial charge in [0.2, 0.25) is 11.8 Å². The molecule has 1 spiro atoms. The predicted octanol–water partition coefficient (Wildman–Crippen LogP) is 3.01. The lowest BCUT2D eigenvalue weighted by molar-refractivity contribution is -0.160. The van der Waals surface area contributed by atoms with Crippen molar-refractivity contribution < 1.29 is 9.59 Å². The molecule has 1 atom stereocenters. The monoisotopic (exact) mass is 294 g/mol. The van der Waals surface area contributed by atoms with Gasteiger partial charge in [0.15, 0.2) is 0 Å². The zero-order chi connectivity index (χ0) is 15.3. The molecule has 2 fully saturated rings. The largest absolute Gasteiger partial charge is 0.342 e. The summed E-state index contributed by atoms with van der Waals surface area (Å²) in [6.07, 6.45) is 9.94. The second-order valence-electron chi connectivity index (χ2n) is 6.60. The molecule has 1 N–H and O–H groups in total. The average molecular weight is 294 g/mol. The minimum atomic E-state index is -0.534. The number of unbranched alkanes of at least 4 members (excludes halogenated alkanes) is 2. The first-order chi connectivity index (χ1) is 10.2. The molecule has 1 aliphatic heterocycles. The highest BCUT2D eigenvalue weighted by atomic mass is 16.2. The molecule has 4 heteroatoms. The Morgan fingerprint density at radius 3 is 2.43 bits per heavy atom. The van der Waals surface area contributed by atoms with Crippen molar-refractivity contribution in [2.45, 2.75) is 89.6 Å². The zero-order valence-electron chi connectivity index (χ0n) is 13.6. The number of nitrogens with one attached hydrogen (secondary N) is 1. The average Bonchev–Trinajstić information content (AvgIpc) is 2.50. The van der Waals surface area contributed by atoms with E-state index < -0.39 is 5.54 Å². The molecule has 0 aromatic heterocycles. The van der Waals surface area contributed by atoms with Gasteiger partial charge in [-0.15, -0.1) is 0 Å². The highest BCUT2D eigenvalue weighted by molar-refractivity contribution is 5.99. The van der Waals surface area contributed by atoms with Crippen LogP contribution in [0.3, 0.4) is 0 Å². The van der Waals surface area contributed by atoms with Gasteiger partial charge in [-0.25, -0.2) is 0 Å². The lowest BCUT2D eigenvalue weighted by Gasteiger charge is -2.50. The fourth-order valence-electron chi connectivity index (χ4n) is 3.84. The summed E-state index contributed by atoms with van der Waals surface area (Å²) in [6.45, 7) is 4.98. The standard InChI is InChI=1S/C17H30N2O2/c1-3-5-9-13-19-15(20)14(10-4-2)18-16(21)17(19)11-7-6-8-12-17/h14H,3-13H2,1-2H3,(H,18,21). The Bertz CT molecular complexity index is 375. The molecule has 1 aliphatic carbocycles. The maximum absolute atomic E-state index is 12.8. The summed E-state index contributed by atoms with van der Waals surface area (Å²) < 4.78 is 0. The molecule has 0 aromatic carbocycles. The molecule has 2 amide bonds. The van der Waals surface area contributed by atoms with Crippen molar-refractivity contribution >= 4 is 11.8 Å². The normalized spacial score (nSPS) is 25.2. The summed E-state index contributed by atoms with van der Waals surface area (Å²) in [5, 5.41) is 3.02. The first-order valence-corrected chi connectivity index (χ1v) is 8.78. The summed E-state index contributed by atoms with van der Waals surface area (Å²) in [6, 6.07) is -0.295. The summed E-state index contributed by atoms with van der Waals surface area (Å²) in [5.74, 6) is 0.270. The van der Waals surface area contributed by atoms with Crippen LogP contribution in [0.15, 0.2) is 0 Å². The van der Waals surface area contributed by atoms with Gasteiger partial charge in [0, 0.05) is 6.54 Å². The van der Waals surface area contributed by atoms with Crippen molar-refractivity contribution in [1.29, 1.82) is 0 Å². The number of amides is 2. The quantitative estimate of drug-likeness (QED) is 0.766. The van der Waals surface area contributed by atoms with E-state index in [1.54, 1.807) is 0 Å². The van der Waals surface area contributed by atoms with E-state index in [9.17, 15) is 9.59 Å². The predicted molar refractivity (Wildman–Crippen MR) is 83.9 cm³/mol. The van der Waals surface area contributed by atoms with Crippen molar-refractivity contribution in [3.8, 4) is 0 Å². The van der Waals surface area contributed by atoms with Crippen molar-refractivity contribution in [1.82, 2.24) is 10.2 Å². The van der Waals surface area contributed by atoms with Crippen LogP contribution in [0.2, 0.25) is 0 Å². The van der Waals surface area contributed by atoms with Gasteiger partial charge in [-0.3, -0.25) is 9.59 Å². The first kappa shape index (κ1) is 16.3. The maximum atomic E-state index is 12.8. The number of carbonyl (C=O) groups excluding carboxylic acids is 2. The van der Waals surface area contributed by atoms with E-state index in [1.807, 2.05) is 4.90 Å². The van der Waals surface area contributed by atoms with Crippen LogP contribution in [0.4, 0.5) is 0 Å². The molecule has 4 nitrogen and oxygen atoms in total. The van der Waals surface area contributed by atoms with Crippen molar-refractivity contribution in [2.24, 2.45) is 0 Å². The van der Waals surface area contributed by atoms with Gasteiger partial charge in [-0.1, -0.05) is 52.4 Å². The van der Waals surface area contributed by atoms with E-state index in [0.717, 1.165) is 64.3 Å². The minimum Gasteiger partial charge on any atom is -0.342 e. The number of carbonyl (C=O) groups is 2. The van der Waals surface area contributed by atoms with E-state index in [1.165, 1.54) is 6.42 Å². The number of hydrogen-bond donors (Lipinski definition) is 1. The van der Waals surface area contributed by atoms with Crippen LogP contribution in [0.5, 0.6) is 0 Å². The highest BCUT2D eigenvalue weighted by Crippen LogP contribution is 2.37. The number of piperazine rings is 1. The number of nitrogens with zero attached hydrogens (tertiary/aromatic N) is 1. The van der Waals surface area contributed by atoms with Crippen LogP contribution in [-0.2, 0) is 9.59 Å². The number of rotatable bonds is 6. The fraction of sp³-hybridized carbons (Fsp3) is 0.882. The van der Waals surface area contributed by atoms with Crippen LogP contribution < -0.4 is 5.32 Å². The van der Waals surface area contributed by atoms with Crippen molar-refractivity contribution in [3.05, 3.63) is 0 Å². The fourth-order valence-corrected chi connectivity index (χ4v) is 3.84. The molecule has 21 heavy (non-hydrogen) atoms. The van der Waals surface area contributed by atoms with Crippen LogP contribution in [-0.4, -0.2) is 34.8 Å². The van der Waals surface area contributed by atoms with Crippen LogP contribution >= 0.6 is 0 Å². The Labute approximate surface area is 128 Å². The maximum Gasteiger partial charge on any atom is 0.246 e. The van der Waals surface area contributed by atoms with E-state index >= 15 is 0 Å². The molecule has 0 aromatic rings. The molecule has 2 rings (SSSR count). The Hall–Kier alpha value is -1.06. The SMILES string of the molecule is CCCCCN1C(=O)C(CCC)NC(=O)C12CCCCC2. The summed E-state index contributed by atoms with van der Waals surface area (Å²) in [5.41, 5.74) is -0.534. The van der Waals surface area contributed by atoms with Gasteiger partial charge in [-0.05, 0) is 25.7 Å². The third kappa shape index (κ3) is 3.24. The molecule has 0 radical (unpaired) electrons. The molecule has 2 aliphatic rings. The Morgan fingerprint density at radius 1 is 1.10 bits per heavy atom. The van der Waals surface area contributed by atoms with Gasteiger partial charge >= 0.3 is 0 Å². The molecule has 1 saturated carbocycles. The summed E-state index contributed by atoms with van der Waals surface area (Å²) in [4.78, 5) is 27.5. The van der Waals surface area contributed by atoms with Gasteiger partial charge in [-0.2, -0.15) is 0 Å². The van der Waals surface area contributed by atoms with E-state index in [-0.39, 0.29) is 17.9 Å². The van der Waals surface area contributed by atoms with Crippen LogP contribution in [0, 0.1) is 0 Å². The number of hydrogen-bond acceptors (Lipinski definition) is 2. The van der Waals surface area contributed by atoms with Gasteiger partial charge in [0.25, 0.3) is 0 Å². The molecule has 1 saturated heterocycles. The van der Waals surface area contributed by atoms with Crippen LogP contribution in [0.1, 0.15) is 78.1 Å². The van der Waals surface area contributed by atoms with Crippen LogP contribution in [0.25, 0.3) is 0 Å². The molecule has 120 valence electrons. The lowest BCUT2D eigenvalue weighted by atomic mass is 9.77. The molecule has 1 heterocycles. The smallest absolute Gasteiger partial charge is 0.246 e. The van der Waals surface area contributed by atoms with E-state index in [0.29, 0.717) is 0 Å². The Kier molecular flexibility index (Phi) is 5.65. The van der Waals surface area contributed by atoms with Gasteiger partial charge in [0.05, 0.1) is 0 Å². The van der Waals surface area contributed by atoms with Crippen molar-refractivity contribution in [3.63, 3.8) is 0 Å². The summed E-state index contributed by atoms with van der Waals surface area (Å²) in [7, 11) is 0. The highest BCUT2D eigenvalue weighted by Gasteiger charge is 2.51. The van der Waals surface area contributed by atoms with Gasteiger partial charge < -0.3 is 10.2 Å². The van der Waals surface area contributed by atoms with Crippen molar-refractivity contribution in [2.75, 3.05) is 6.54 Å². The third-order valence-electron chi connectivity index (χ3n) is 5.05. The second kappa shape index (κ2) is 7.28. The van der Waals surface area contributed by atoms with Gasteiger partial charge in [0.1, 0.15) is 11.6 Å². The molecular weight excluding hydrogens is 264 g/mol. The third-order valence-corrected chi connectivity index (χ3v) is 5.05.